The zero-order valence-corrected chi connectivity index (χ0v) is 20.1. The van der Waals surface area contributed by atoms with Crippen LogP contribution in [0.2, 0.25) is 5.02 Å². The van der Waals surface area contributed by atoms with Crippen LogP contribution in [-0.4, -0.2) is 67.5 Å². The smallest absolute Gasteiger partial charge is 0.295 e. The van der Waals surface area contributed by atoms with E-state index in [1.807, 2.05) is 38.1 Å². The summed E-state index contributed by atoms with van der Waals surface area (Å²) in [5, 5.41) is 11.6. The molecule has 1 atom stereocenters. The Hall–Kier alpha value is -3.03. The molecule has 1 fully saturated rings. The van der Waals surface area contributed by atoms with Gasteiger partial charge in [-0.05, 0) is 69.9 Å². The van der Waals surface area contributed by atoms with Crippen LogP contribution in [0.25, 0.3) is 5.76 Å². The van der Waals surface area contributed by atoms with Gasteiger partial charge >= 0.3 is 0 Å². The Kier molecular flexibility index (Phi) is 8.00. The van der Waals surface area contributed by atoms with Crippen molar-refractivity contribution in [3.63, 3.8) is 0 Å². The molecule has 1 amide bonds. The summed E-state index contributed by atoms with van der Waals surface area (Å²) in [7, 11) is 5.36. The zero-order chi connectivity index (χ0) is 24.1. The summed E-state index contributed by atoms with van der Waals surface area (Å²) in [6.45, 7) is 3.54. The number of nitrogens with zero attached hydrogens (tertiary/aromatic N) is 2. The molecule has 0 aliphatic carbocycles. The van der Waals surface area contributed by atoms with Crippen LogP contribution in [0.1, 0.15) is 30.5 Å². The maximum atomic E-state index is 13.1. The van der Waals surface area contributed by atoms with Gasteiger partial charge in [0.1, 0.15) is 17.3 Å². The van der Waals surface area contributed by atoms with Crippen LogP contribution < -0.4 is 9.47 Å². The molecule has 0 saturated carbocycles. The topological polar surface area (TPSA) is 79.3 Å². The number of hydrogen-bond acceptors (Lipinski definition) is 6. The third-order valence-electron chi connectivity index (χ3n) is 5.47. The van der Waals surface area contributed by atoms with Crippen molar-refractivity contribution in [1.82, 2.24) is 9.80 Å². The van der Waals surface area contributed by atoms with Crippen LogP contribution in [0.4, 0.5) is 0 Å². The molecule has 7 nitrogen and oxygen atoms in total. The van der Waals surface area contributed by atoms with Crippen LogP contribution in [0, 0.1) is 0 Å². The number of likely N-dealkylation sites (tertiary alicyclic amines) is 1. The Balaban J connectivity index is 2.13. The third kappa shape index (κ3) is 5.31. The number of rotatable bonds is 9. The first-order chi connectivity index (χ1) is 15.8. The summed E-state index contributed by atoms with van der Waals surface area (Å²) in [5.74, 6) is -0.668. The summed E-state index contributed by atoms with van der Waals surface area (Å²) in [6, 6.07) is 11.2. The quantitative estimate of drug-likeness (QED) is 0.336. The molecule has 1 N–H and O–H groups in total. The van der Waals surface area contributed by atoms with Crippen LogP contribution in [-0.2, 0) is 9.59 Å². The fourth-order valence-corrected chi connectivity index (χ4v) is 4.11. The number of ketones is 1. The highest BCUT2D eigenvalue weighted by Gasteiger charge is 2.46. The lowest BCUT2D eigenvalue weighted by Gasteiger charge is -2.26. The van der Waals surface area contributed by atoms with Crippen LogP contribution in [0.15, 0.2) is 48.0 Å². The molecule has 3 rings (SSSR count). The van der Waals surface area contributed by atoms with Gasteiger partial charge in [-0.2, -0.15) is 0 Å². The second-order valence-corrected chi connectivity index (χ2v) is 8.43. The number of hydrogen-bond donors (Lipinski definition) is 1. The van der Waals surface area contributed by atoms with Gasteiger partial charge in [0, 0.05) is 11.6 Å². The highest BCUT2D eigenvalue weighted by molar-refractivity contribution is 6.46. The maximum Gasteiger partial charge on any atom is 0.295 e. The largest absolute Gasteiger partial charge is 0.507 e. The van der Waals surface area contributed by atoms with E-state index in [0.717, 1.165) is 6.54 Å². The second kappa shape index (κ2) is 10.7. The lowest BCUT2D eigenvalue weighted by atomic mass is 9.95. The van der Waals surface area contributed by atoms with Gasteiger partial charge in [0.05, 0.1) is 30.9 Å². The van der Waals surface area contributed by atoms with Gasteiger partial charge in [0.2, 0.25) is 0 Å². The Bertz CT molecular complexity index is 1050. The van der Waals surface area contributed by atoms with Crippen molar-refractivity contribution >= 4 is 29.1 Å². The molecule has 1 aliphatic heterocycles. The van der Waals surface area contributed by atoms with Crippen molar-refractivity contribution in [2.75, 3.05) is 40.9 Å². The number of Topliss-reactive ketones (excluding diaryl/α,β-unsaturated/α-hetero) is 1. The first-order valence-corrected chi connectivity index (χ1v) is 11.2. The van der Waals surface area contributed by atoms with Crippen molar-refractivity contribution in [3.8, 4) is 11.5 Å². The number of aliphatic hydroxyl groups is 1. The SMILES string of the molecule is CCOc1ccc(C2/C(=C(\O)c3cc(Cl)ccc3OC)C(=O)C(=O)N2CCCN(C)C)cc1. The zero-order valence-electron chi connectivity index (χ0n) is 19.3. The van der Waals surface area contributed by atoms with Crippen molar-refractivity contribution < 1.29 is 24.2 Å². The molecule has 2 aromatic rings. The standard InChI is InChI=1S/C25H29ClN2O5/c1-5-33-18-10-7-16(8-11-18)22-21(23(29)19-15-17(26)9-12-20(19)32-4)24(30)25(31)28(22)14-6-13-27(2)3/h7-12,15,22,29H,5-6,13-14H2,1-4H3/b23-21+. The summed E-state index contributed by atoms with van der Waals surface area (Å²) < 4.78 is 10.9. The number of aliphatic hydroxyl groups excluding tert-OH is 1. The minimum absolute atomic E-state index is 0.00887. The number of carbonyl (C=O) groups excluding carboxylic acids is 2. The highest BCUT2D eigenvalue weighted by atomic mass is 35.5. The Morgan fingerprint density at radius 2 is 1.85 bits per heavy atom. The van der Waals surface area contributed by atoms with Crippen molar-refractivity contribution in [2.24, 2.45) is 0 Å². The minimum atomic E-state index is -0.744. The average Bonchev–Trinajstić information content (AvgIpc) is 3.04. The molecular weight excluding hydrogens is 444 g/mol. The van der Waals surface area contributed by atoms with Gasteiger partial charge in [0.25, 0.3) is 11.7 Å². The molecular formula is C25H29ClN2O5. The Morgan fingerprint density at radius 1 is 1.15 bits per heavy atom. The molecule has 8 heteroatoms. The highest BCUT2D eigenvalue weighted by Crippen LogP contribution is 2.41. The fraction of sp³-hybridized carbons (Fsp3) is 0.360. The lowest BCUT2D eigenvalue weighted by molar-refractivity contribution is -0.139. The molecule has 1 unspecified atom stereocenters. The van der Waals surface area contributed by atoms with E-state index in [1.54, 1.807) is 24.3 Å². The molecule has 2 aromatic carbocycles. The van der Waals surface area contributed by atoms with Crippen molar-refractivity contribution in [3.05, 3.63) is 64.2 Å². The van der Waals surface area contributed by atoms with E-state index in [2.05, 4.69) is 0 Å². The van der Waals surface area contributed by atoms with Gasteiger partial charge in [-0.15, -0.1) is 0 Å². The van der Waals surface area contributed by atoms with E-state index in [0.29, 0.717) is 41.7 Å². The van der Waals surface area contributed by atoms with Crippen molar-refractivity contribution in [2.45, 2.75) is 19.4 Å². The number of methoxy groups -OCH3 is 1. The predicted octanol–water partition coefficient (Wildman–Crippen LogP) is 4.12. The molecule has 0 spiro atoms. The number of amides is 1. The second-order valence-electron chi connectivity index (χ2n) is 8.00. The molecule has 0 bridgehead atoms. The maximum absolute atomic E-state index is 13.1. The number of ether oxygens (including phenoxy) is 2. The summed E-state index contributed by atoms with van der Waals surface area (Å²) in [5.41, 5.74) is 0.965. The predicted molar refractivity (Wildman–Crippen MR) is 128 cm³/mol. The van der Waals surface area contributed by atoms with E-state index >= 15 is 0 Å². The molecule has 176 valence electrons. The first kappa shape index (κ1) is 24.6. The van der Waals surface area contributed by atoms with Gasteiger partial charge in [-0.3, -0.25) is 9.59 Å². The molecule has 33 heavy (non-hydrogen) atoms. The normalized spacial score (nSPS) is 17.6. The average molecular weight is 473 g/mol. The van der Waals surface area contributed by atoms with E-state index in [-0.39, 0.29) is 16.9 Å². The Morgan fingerprint density at radius 3 is 2.45 bits per heavy atom. The van der Waals surface area contributed by atoms with Crippen LogP contribution in [0.5, 0.6) is 11.5 Å². The van der Waals surface area contributed by atoms with Crippen LogP contribution in [0.3, 0.4) is 0 Å². The molecule has 1 aliphatic rings. The lowest BCUT2D eigenvalue weighted by Crippen LogP contribution is -2.32. The van der Waals surface area contributed by atoms with Gasteiger partial charge in [-0.1, -0.05) is 23.7 Å². The summed E-state index contributed by atoms with van der Waals surface area (Å²) in [6.07, 6.45) is 0.675. The fourth-order valence-electron chi connectivity index (χ4n) is 3.94. The van der Waals surface area contributed by atoms with Gasteiger partial charge in [-0.25, -0.2) is 0 Å². The van der Waals surface area contributed by atoms with E-state index < -0.39 is 17.7 Å². The van der Waals surface area contributed by atoms with Crippen molar-refractivity contribution in [1.29, 1.82) is 0 Å². The molecule has 0 aromatic heterocycles. The van der Waals surface area contributed by atoms with E-state index in [4.69, 9.17) is 21.1 Å². The van der Waals surface area contributed by atoms with E-state index in [9.17, 15) is 14.7 Å². The summed E-state index contributed by atoms with van der Waals surface area (Å²) in [4.78, 5) is 29.7. The van der Waals surface area contributed by atoms with Gasteiger partial charge in [0.15, 0.2) is 0 Å². The van der Waals surface area contributed by atoms with Crippen LogP contribution >= 0.6 is 11.6 Å². The number of carbonyl (C=O) groups is 2. The Labute approximate surface area is 199 Å². The monoisotopic (exact) mass is 472 g/mol. The number of halogens is 1. The minimum Gasteiger partial charge on any atom is -0.507 e. The molecule has 1 heterocycles. The molecule has 0 radical (unpaired) electrons. The number of benzene rings is 2. The summed E-state index contributed by atoms with van der Waals surface area (Å²) >= 11 is 6.15. The van der Waals surface area contributed by atoms with E-state index in [1.165, 1.54) is 18.1 Å². The molecule has 1 saturated heterocycles. The third-order valence-corrected chi connectivity index (χ3v) is 5.70. The van der Waals surface area contributed by atoms with Gasteiger partial charge < -0.3 is 24.4 Å². The first-order valence-electron chi connectivity index (χ1n) is 10.8.